The van der Waals surface area contributed by atoms with Gasteiger partial charge in [-0.3, -0.25) is 24.1 Å². The summed E-state index contributed by atoms with van der Waals surface area (Å²) in [6.45, 7) is 2.78. The first-order chi connectivity index (χ1) is 22.6. The van der Waals surface area contributed by atoms with Gasteiger partial charge in [0.25, 0.3) is 11.8 Å². The van der Waals surface area contributed by atoms with Gasteiger partial charge in [0.15, 0.2) is 16.6 Å². The van der Waals surface area contributed by atoms with Crippen LogP contribution in [0.2, 0.25) is 0 Å². The fourth-order valence-electron chi connectivity index (χ4n) is 4.62. The van der Waals surface area contributed by atoms with E-state index in [0.29, 0.717) is 31.5 Å². The molecule has 2 atom stereocenters. The number of nitrogens with zero attached hydrogens (tertiary/aromatic N) is 4. The zero-order valence-corrected chi connectivity index (χ0v) is 27.2. The van der Waals surface area contributed by atoms with Crippen molar-refractivity contribution in [1.82, 2.24) is 19.8 Å². The standard InChI is InChI=1S/C29H32N6O11S2/c1-29(2,27(44)45)46-33-20(16-13-48-28(30)31-16)23(40)32-21-24(41)35-22(26(42)43)14(12-47-25(21)35)7-8-15-10-17(36)18(37)11-34(15)9-5-3-4-6-19(38)39/h7-8,10-11,13,21,25,37H,3-6,9,12H2,1-2H3,(H2,30,31)(H,32,40)(H,38,39)(H,42,43)(H,44,45)/b8-7?,33-20-/t21-,25-/m1/s1. The van der Waals surface area contributed by atoms with Gasteiger partial charge in [-0.1, -0.05) is 17.7 Å². The van der Waals surface area contributed by atoms with Crippen LogP contribution in [0.3, 0.4) is 0 Å². The molecule has 0 aromatic carbocycles. The first-order valence-electron chi connectivity index (χ1n) is 14.4. The molecule has 0 saturated carbocycles. The number of aliphatic carboxylic acids is 3. The highest BCUT2D eigenvalue weighted by molar-refractivity contribution is 8.00. The van der Waals surface area contributed by atoms with Crippen LogP contribution < -0.4 is 16.5 Å². The van der Waals surface area contributed by atoms with Crippen LogP contribution in [0.1, 0.15) is 50.9 Å². The number of rotatable bonds is 15. The number of β-lactam (4-membered cyclic amide) rings is 1. The Morgan fingerprint density at radius 1 is 1.17 bits per heavy atom. The number of amides is 2. The number of thiazole rings is 1. The molecule has 0 bridgehead atoms. The number of carboxylic acid groups (broad SMARTS) is 3. The number of nitrogen functional groups attached to an aromatic ring is 1. The molecule has 0 unspecified atom stereocenters. The molecule has 2 aliphatic rings. The summed E-state index contributed by atoms with van der Waals surface area (Å²) in [7, 11) is 0. The smallest absolute Gasteiger partial charge is 0.352 e. The molecule has 0 spiro atoms. The molecule has 2 aliphatic heterocycles. The van der Waals surface area contributed by atoms with Gasteiger partial charge in [-0.15, -0.1) is 23.1 Å². The van der Waals surface area contributed by atoms with Gasteiger partial charge in [-0.05, 0) is 38.3 Å². The number of aryl methyl sites for hydroxylation is 1. The summed E-state index contributed by atoms with van der Waals surface area (Å²) in [5, 5.41) is 45.1. The molecular formula is C29H32N6O11S2. The summed E-state index contributed by atoms with van der Waals surface area (Å²) in [6, 6.07) is 0.0130. The number of fused-ring (bicyclic) bond motifs is 1. The minimum atomic E-state index is -1.81. The van der Waals surface area contributed by atoms with E-state index < -0.39 is 63.6 Å². The summed E-state index contributed by atoms with van der Waals surface area (Å²) in [4.78, 5) is 83.5. The average molecular weight is 705 g/mol. The maximum Gasteiger partial charge on any atom is 0.352 e. The zero-order chi connectivity index (χ0) is 35.3. The number of oxime groups is 1. The van der Waals surface area contributed by atoms with Crippen molar-refractivity contribution in [2.45, 2.75) is 63.1 Å². The average Bonchev–Trinajstić information content (AvgIpc) is 3.45. The number of carboxylic acids is 3. The minimum Gasteiger partial charge on any atom is -0.503 e. The van der Waals surface area contributed by atoms with Gasteiger partial charge in [0.05, 0.1) is 6.20 Å². The zero-order valence-electron chi connectivity index (χ0n) is 25.6. The Morgan fingerprint density at radius 2 is 1.90 bits per heavy atom. The number of unbranched alkanes of at least 4 members (excludes halogenated alkanes) is 2. The Balaban J connectivity index is 1.54. The van der Waals surface area contributed by atoms with E-state index in [9.17, 15) is 44.1 Å². The molecule has 2 aromatic rings. The van der Waals surface area contributed by atoms with E-state index >= 15 is 0 Å². The molecular weight excluding hydrogens is 672 g/mol. The minimum absolute atomic E-state index is 0.0158. The number of carbonyl (C=O) groups is 5. The van der Waals surface area contributed by atoms with Gasteiger partial charge in [-0.25, -0.2) is 14.6 Å². The van der Waals surface area contributed by atoms with Crippen molar-refractivity contribution in [3.05, 3.63) is 56.6 Å². The fourth-order valence-corrected chi connectivity index (χ4v) is 6.48. The molecule has 19 heteroatoms. The van der Waals surface area contributed by atoms with Gasteiger partial charge in [0.2, 0.25) is 11.0 Å². The number of anilines is 1. The molecule has 1 saturated heterocycles. The predicted octanol–water partition coefficient (Wildman–Crippen LogP) is 1.27. The van der Waals surface area contributed by atoms with E-state index in [4.69, 9.17) is 15.7 Å². The molecule has 0 aliphatic carbocycles. The van der Waals surface area contributed by atoms with E-state index in [1.54, 1.807) is 4.57 Å². The number of nitrogens with one attached hydrogen (secondary N) is 1. The topological polar surface area (TPSA) is 264 Å². The quantitative estimate of drug-likeness (QED) is 0.0660. The Kier molecular flexibility index (Phi) is 10.9. The van der Waals surface area contributed by atoms with Crippen LogP contribution in [0.25, 0.3) is 6.08 Å². The molecule has 7 N–H and O–H groups in total. The number of aromatic hydroxyl groups is 1. The summed E-state index contributed by atoms with van der Waals surface area (Å²) < 4.78 is 1.59. The SMILES string of the molecule is CC(C)(O/N=C(\C(=O)N[C@@H]1C(=O)N2C(C(=O)O)=C(C=Cc3cc(=O)c(O)cn3CCCCCC(=O)O)CS[C@H]12)c1csc(N)n1)C(=O)O. The monoisotopic (exact) mass is 704 g/mol. The number of hydrogen-bond donors (Lipinski definition) is 6. The van der Waals surface area contributed by atoms with Crippen LogP contribution in [0.15, 0.2) is 44.9 Å². The number of allylic oxidation sites excluding steroid dienone is 1. The lowest BCUT2D eigenvalue weighted by Gasteiger charge is -2.49. The van der Waals surface area contributed by atoms with Crippen molar-refractivity contribution in [1.29, 1.82) is 0 Å². The number of nitrogens with two attached hydrogens (primary N) is 1. The molecule has 0 radical (unpaired) electrons. The first-order valence-corrected chi connectivity index (χ1v) is 16.3. The van der Waals surface area contributed by atoms with Crippen molar-refractivity contribution < 1.29 is 49.2 Å². The second kappa shape index (κ2) is 14.7. The third-order valence-electron chi connectivity index (χ3n) is 7.23. The van der Waals surface area contributed by atoms with Crippen molar-refractivity contribution in [3.8, 4) is 5.75 Å². The largest absolute Gasteiger partial charge is 0.503 e. The van der Waals surface area contributed by atoms with Gasteiger partial charge >= 0.3 is 17.9 Å². The lowest BCUT2D eigenvalue weighted by Crippen LogP contribution is -2.71. The lowest BCUT2D eigenvalue weighted by atomic mass is 10.0. The molecule has 4 rings (SSSR count). The van der Waals surface area contributed by atoms with E-state index in [1.165, 1.54) is 55.4 Å². The van der Waals surface area contributed by atoms with Crippen molar-refractivity contribution in [2.24, 2.45) is 5.16 Å². The van der Waals surface area contributed by atoms with Crippen LogP contribution >= 0.6 is 23.1 Å². The maximum atomic E-state index is 13.3. The Bertz CT molecular complexity index is 1800. The maximum absolute atomic E-state index is 13.3. The second-order valence-corrected chi connectivity index (χ2v) is 13.1. The van der Waals surface area contributed by atoms with Crippen LogP contribution in [0.4, 0.5) is 5.13 Å². The van der Waals surface area contributed by atoms with Gasteiger partial charge in [-0.2, -0.15) is 0 Å². The van der Waals surface area contributed by atoms with Crippen molar-refractivity contribution in [3.63, 3.8) is 0 Å². The summed E-state index contributed by atoms with van der Waals surface area (Å²) in [5.74, 6) is -5.69. The number of thioether (sulfide) groups is 1. The van der Waals surface area contributed by atoms with Crippen molar-refractivity contribution >= 4 is 69.7 Å². The Labute approximate surface area is 280 Å². The summed E-state index contributed by atoms with van der Waals surface area (Å²) in [5.41, 5.74) is 3.04. The summed E-state index contributed by atoms with van der Waals surface area (Å²) >= 11 is 2.16. The molecule has 17 nitrogen and oxygen atoms in total. The van der Waals surface area contributed by atoms with E-state index in [0.717, 1.165) is 16.2 Å². The van der Waals surface area contributed by atoms with Crippen LogP contribution in [0.5, 0.6) is 5.75 Å². The third kappa shape index (κ3) is 8.03. The number of hydrogen-bond acceptors (Lipinski definition) is 13. The second-order valence-electron chi connectivity index (χ2n) is 11.1. The molecule has 2 aromatic heterocycles. The molecule has 1 fully saturated rings. The Morgan fingerprint density at radius 3 is 2.52 bits per heavy atom. The first kappa shape index (κ1) is 35.7. The van der Waals surface area contributed by atoms with Gasteiger partial charge in [0, 0.05) is 35.9 Å². The molecule has 4 heterocycles. The van der Waals surface area contributed by atoms with Crippen LogP contribution in [-0.4, -0.2) is 93.1 Å². The summed E-state index contributed by atoms with van der Waals surface area (Å²) in [6.07, 6.45) is 5.80. The number of pyridine rings is 1. The highest BCUT2D eigenvalue weighted by Gasteiger charge is 2.54. The third-order valence-corrected chi connectivity index (χ3v) is 9.21. The normalized spacial score (nSPS) is 18.0. The van der Waals surface area contributed by atoms with Crippen molar-refractivity contribution in [2.75, 3.05) is 11.5 Å². The molecule has 2 amide bonds. The van der Waals surface area contributed by atoms with E-state index in [1.807, 2.05) is 0 Å². The van der Waals surface area contributed by atoms with E-state index in [2.05, 4.69) is 15.5 Å². The van der Waals surface area contributed by atoms with Gasteiger partial charge < -0.3 is 40.9 Å². The predicted molar refractivity (Wildman–Crippen MR) is 173 cm³/mol. The van der Waals surface area contributed by atoms with Crippen LogP contribution in [-0.2, 0) is 35.4 Å². The van der Waals surface area contributed by atoms with Gasteiger partial charge in [0.1, 0.15) is 22.8 Å². The highest BCUT2D eigenvalue weighted by atomic mass is 32.2. The van der Waals surface area contributed by atoms with Crippen LogP contribution in [0, 0.1) is 0 Å². The molecule has 256 valence electrons. The highest BCUT2D eigenvalue weighted by Crippen LogP contribution is 2.41. The lowest BCUT2D eigenvalue weighted by molar-refractivity contribution is -0.161. The number of carbonyl (C=O) groups excluding carboxylic acids is 2. The Hall–Kier alpha value is -5.17. The fraction of sp³-hybridized carbons (Fsp3) is 0.379. The number of aromatic nitrogens is 2. The molecule has 48 heavy (non-hydrogen) atoms. The van der Waals surface area contributed by atoms with E-state index in [-0.39, 0.29) is 34.3 Å².